The van der Waals surface area contributed by atoms with Gasteiger partial charge >= 0.3 is 6.03 Å². The summed E-state index contributed by atoms with van der Waals surface area (Å²) in [7, 11) is 0. The molecular weight excluding hydrogens is 452 g/mol. The van der Waals surface area contributed by atoms with Crippen LogP contribution in [0.15, 0.2) is 48.9 Å². The number of rotatable bonds is 7. The number of aryl methyl sites for hydroxylation is 1. The number of urea groups is 1. The van der Waals surface area contributed by atoms with E-state index in [2.05, 4.69) is 35.8 Å². The van der Waals surface area contributed by atoms with Crippen molar-refractivity contribution in [2.75, 3.05) is 23.7 Å². The number of pyridine rings is 3. The summed E-state index contributed by atoms with van der Waals surface area (Å²) in [6, 6.07) is 8.96. The lowest BCUT2D eigenvalue weighted by Crippen LogP contribution is -2.48. The highest BCUT2D eigenvalue weighted by Gasteiger charge is 2.22. The molecule has 0 saturated carbocycles. The van der Waals surface area contributed by atoms with Crippen LogP contribution in [-0.2, 0) is 6.54 Å². The van der Waals surface area contributed by atoms with Crippen molar-refractivity contribution in [2.24, 2.45) is 0 Å². The third kappa shape index (κ3) is 6.27. The van der Waals surface area contributed by atoms with Gasteiger partial charge in [-0.2, -0.15) is 0 Å². The Morgan fingerprint density at radius 3 is 2.94 bits per heavy atom. The van der Waals surface area contributed by atoms with Crippen LogP contribution in [0.25, 0.3) is 0 Å². The molecule has 10 heteroatoms. The minimum Gasteiger partial charge on any atom is -0.354 e. The summed E-state index contributed by atoms with van der Waals surface area (Å²) in [6.07, 6.45) is 8.10. The highest BCUT2D eigenvalue weighted by Crippen LogP contribution is 2.22. The molecule has 9 nitrogen and oxygen atoms in total. The Bertz CT molecular complexity index is 1170. The third-order valence-corrected chi connectivity index (χ3v) is 5.92. The van der Waals surface area contributed by atoms with Gasteiger partial charge < -0.3 is 16.0 Å². The average molecular weight is 479 g/mol. The predicted molar refractivity (Wildman–Crippen MR) is 134 cm³/mol. The van der Waals surface area contributed by atoms with Crippen molar-refractivity contribution in [1.29, 1.82) is 5.41 Å². The lowest BCUT2D eigenvalue weighted by Gasteiger charge is -2.33. The van der Waals surface area contributed by atoms with Gasteiger partial charge in [0.25, 0.3) is 0 Å². The van der Waals surface area contributed by atoms with Gasteiger partial charge in [0.15, 0.2) is 0 Å². The first-order valence-electron chi connectivity index (χ1n) is 11.1. The van der Waals surface area contributed by atoms with E-state index in [1.54, 1.807) is 24.7 Å². The Morgan fingerprint density at radius 1 is 1.26 bits per heavy atom. The maximum atomic E-state index is 12.6. The molecule has 0 aliphatic carbocycles. The highest BCUT2D eigenvalue weighted by molar-refractivity contribution is 6.30. The van der Waals surface area contributed by atoms with Gasteiger partial charge in [-0.05, 0) is 50.6 Å². The molecular formula is C24H27ClN8O. The number of hydrogen-bond acceptors (Lipinski definition) is 7. The van der Waals surface area contributed by atoms with E-state index in [0.717, 1.165) is 42.9 Å². The van der Waals surface area contributed by atoms with Crippen LogP contribution in [0.5, 0.6) is 0 Å². The first-order chi connectivity index (χ1) is 16.5. The molecule has 0 bridgehead atoms. The molecule has 0 aromatic carbocycles. The maximum Gasteiger partial charge on any atom is 0.320 e. The second-order valence-electron chi connectivity index (χ2n) is 8.24. The summed E-state index contributed by atoms with van der Waals surface area (Å²) in [5.74, 6) is 0.377. The zero-order chi connectivity index (χ0) is 23.9. The minimum absolute atomic E-state index is 0.0160. The molecule has 4 N–H and O–H groups in total. The summed E-state index contributed by atoms with van der Waals surface area (Å²) in [5.41, 5.74) is 3.99. The lowest BCUT2D eigenvalue weighted by atomic mass is 10.1. The summed E-state index contributed by atoms with van der Waals surface area (Å²) >= 11 is 6.19. The van der Waals surface area contributed by atoms with Gasteiger partial charge in [-0.15, -0.1) is 0 Å². The quantitative estimate of drug-likeness (QED) is 0.296. The van der Waals surface area contributed by atoms with Gasteiger partial charge in [0, 0.05) is 60.2 Å². The largest absolute Gasteiger partial charge is 0.354 e. The molecule has 0 radical (unpaired) electrons. The highest BCUT2D eigenvalue weighted by atomic mass is 35.5. The Morgan fingerprint density at radius 2 is 2.15 bits per heavy atom. The maximum absolute atomic E-state index is 12.6. The van der Waals surface area contributed by atoms with Crippen LogP contribution < -0.4 is 16.0 Å². The number of likely N-dealkylation sites (tertiary alicyclic amines) is 1. The molecule has 1 aliphatic rings. The second kappa shape index (κ2) is 11.0. The van der Waals surface area contributed by atoms with Crippen molar-refractivity contribution < 1.29 is 4.79 Å². The normalized spacial score (nSPS) is 16.0. The van der Waals surface area contributed by atoms with E-state index in [4.69, 9.17) is 17.0 Å². The van der Waals surface area contributed by atoms with Gasteiger partial charge in [-0.1, -0.05) is 17.7 Å². The van der Waals surface area contributed by atoms with Crippen molar-refractivity contribution >= 4 is 41.0 Å². The van der Waals surface area contributed by atoms with Crippen molar-refractivity contribution in [2.45, 2.75) is 32.4 Å². The molecule has 1 unspecified atom stereocenters. The van der Waals surface area contributed by atoms with Crippen LogP contribution >= 0.6 is 11.6 Å². The Kier molecular flexibility index (Phi) is 7.66. The number of aromatic nitrogens is 3. The zero-order valence-corrected chi connectivity index (χ0v) is 19.6. The van der Waals surface area contributed by atoms with Gasteiger partial charge in [0.1, 0.15) is 11.0 Å². The van der Waals surface area contributed by atoms with E-state index in [1.165, 1.54) is 6.21 Å². The second-order valence-corrected chi connectivity index (χ2v) is 8.60. The summed E-state index contributed by atoms with van der Waals surface area (Å²) in [4.78, 5) is 27.5. The number of anilines is 3. The van der Waals surface area contributed by atoms with Crippen LogP contribution in [0, 0.1) is 12.3 Å². The fourth-order valence-corrected chi connectivity index (χ4v) is 4.15. The molecule has 1 aliphatic heterocycles. The van der Waals surface area contributed by atoms with E-state index in [-0.39, 0.29) is 12.1 Å². The van der Waals surface area contributed by atoms with Gasteiger partial charge in [-0.3, -0.25) is 15.2 Å². The summed E-state index contributed by atoms with van der Waals surface area (Å²) < 4.78 is 0. The van der Waals surface area contributed by atoms with Gasteiger partial charge in [0.05, 0.1) is 11.9 Å². The van der Waals surface area contributed by atoms with Crippen molar-refractivity contribution in [3.8, 4) is 0 Å². The number of amides is 2. The van der Waals surface area contributed by atoms with E-state index >= 15 is 0 Å². The van der Waals surface area contributed by atoms with E-state index in [1.807, 2.05) is 31.2 Å². The molecule has 1 fully saturated rings. The smallest absolute Gasteiger partial charge is 0.320 e. The van der Waals surface area contributed by atoms with Crippen molar-refractivity contribution in [3.05, 3.63) is 70.9 Å². The topological polar surface area (TPSA) is 119 Å². The fraction of sp³-hybridized carbons (Fsp3) is 0.292. The molecule has 4 heterocycles. The molecule has 2 amide bonds. The molecule has 4 rings (SSSR count). The minimum atomic E-state index is -0.319. The molecule has 1 atom stereocenters. The lowest BCUT2D eigenvalue weighted by molar-refractivity contribution is 0.183. The number of carbonyl (C=O) groups is 1. The monoisotopic (exact) mass is 478 g/mol. The van der Waals surface area contributed by atoms with Crippen LogP contribution in [0.4, 0.5) is 22.0 Å². The molecule has 3 aromatic heterocycles. The van der Waals surface area contributed by atoms with Crippen molar-refractivity contribution in [3.63, 3.8) is 0 Å². The number of piperidine rings is 1. The van der Waals surface area contributed by atoms with E-state index < -0.39 is 0 Å². The number of hydrogen-bond donors (Lipinski definition) is 4. The fourth-order valence-electron chi connectivity index (χ4n) is 3.97. The Labute approximate surface area is 203 Å². The van der Waals surface area contributed by atoms with Crippen LogP contribution in [0.1, 0.15) is 29.7 Å². The van der Waals surface area contributed by atoms with E-state index in [9.17, 15) is 4.79 Å². The Hall–Kier alpha value is -3.56. The summed E-state index contributed by atoms with van der Waals surface area (Å²) in [6.45, 7) is 4.28. The molecule has 3 aromatic rings. The number of carbonyl (C=O) groups excluding carboxylic acids is 1. The number of nitrogens with zero attached hydrogens (tertiary/aromatic N) is 4. The third-order valence-electron chi connectivity index (χ3n) is 5.58. The zero-order valence-electron chi connectivity index (χ0n) is 18.9. The van der Waals surface area contributed by atoms with Gasteiger partial charge in [0.2, 0.25) is 0 Å². The standard InChI is InChI=1S/C24H27ClN8O/c1-16-10-19(6-8-27-16)30-21-13-29-22(11-18(21)12-26)32-24(34)31-20-5-3-9-33(15-20)14-17-4-2-7-28-23(17)25/h2,4,6-8,10-13,20,26H,3,5,9,14-15H2,1H3,(H,27,30)(H2,29,31,32,34). The first kappa shape index (κ1) is 23.6. The SMILES string of the molecule is Cc1cc(Nc2cnc(NC(=O)NC3CCCN(Cc4cccnc4Cl)C3)cc2C=N)ccn1. The van der Waals surface area contributed by atoms with Crippen LogP contribution in [0.2, 0.25) is 5.15 Å². The van der Waals surface area contributed by atoms with Crippen molar-refractivity contribution in [1.82, 2.24) is 25.2 Å². The summed E-state index contributed by atoms with van der Waals surface area (Å²) in [5, 5.41) is 17.3. The first-order valence-corrected chi connectivity index (χ1v) is 11.5. The molecule has 0 spiro atoms. The molecule has 176 valence electrons. The Balaban J connectivity index is 1.34. The molecule has 1 saturated heterocycles. The van der Waals surface area contributed by atoms with Crippen LogP contribution in [-0.4, -0.2) is 51.2 Å². The average Bonchev–Trinajstić information content (AvgIpc) is 2.82. The predicted octanol–water partition coefficient (Wildman–Crippen LogP) is 4.36. The number of nitrogens with one attached hydrogen (secondary N) is 4. The van der Waals surface area contributed by atoms with Gasteiger partial charge in [-0.25, -0.2) is 14.8 Å². The van der Waals surface area contributed by atoms with Crippen LogP contribution in [0.3, 0.4) is 0 Å². The molecule has 34 heavy (non-hydrogen) atoms. The van der Waals surface area contributed by atoms with E-state index in [0.29, 0.717) is 28.8 Å². The number of halogens is 1.